The van der Waals surface area contributed by atoms with E-state index in [1.54, 1.807) is 44.9 Å². The van der Waals surface area contributed by atoms with Gasteiger partial charge in [0, 0.05) is 0 Å². The number of allylic oxidation sites excluding steroid dienone is 2. The first-order chi connectivity index (χ1) is 13.2. The second kappa shape index (κ2) is 6.37. The predicted octanol–water partition coefficient (Wildman–Crippen LogP) is 8.27. The van der Waals surface area contributed by atoms with Crippen LogP contribution >= 0.6 is 0 Å². The molecule has 158 valence electrons. The third-order valence-electron chi connectivity index (χ3n) is 11.9. The number of rotatable bonds is 4. The minimum Gasteiger partial charge on any atom is -0.0859 e. The lowest BCUT2D eigenvalue weighted by atomic mass is 9.44. The molecule has 0 heterocycles. The van der Waals surface area contributed by atoms with Crippen molar-refractivity contribution >= 4 is 0 Å². The Balaban J connectivity index is 1.36. The average molecular weight is 383 g/mol. The first kappa shape index (κ1) is 19.7. The molecule has 0 bridgehead atoms. The summed E-state index contributed by atoms with van der Waals surface area (Å²) in [6.07, 6.45) is 17.7. The van der Waals surface area contributed by atoms with E-state index in [0.29, 0.717) is 10.8 Å². The van der Waals surface area contributed by atoms with Gasteiger partial charge >= 0.3 is 0 Å². The Labute approximate surface area is 175 Å². The lowest BCUT2D eigenvalue weighted by Gasteiger charge is -2.61. The van der Waals surface area contributed by atoms with E-state index in [0.717, 1.165) is 46.8 Å². The van der Waals surface area contributed by atoms with Gasteiger partial charge in [-0.15, -0.1) is 0 Å². The Morgan fingerprint density at radius 1 is 1.04 bits per heavy atom. The van der Waals surface area contributed by atoms with E-state index in [1.807, 2.05) is 0 Å². The van der Waals surface area contributed by atoms with Gasteiger partial charge in [0.15, 0.2) is 0 Å². The fraction of sp³-hybridized carbons (Fsp3) is 0.929. The molecule has 0 radical (unpaired) electrons. The van der Waals surface area contributed by atoms with Crippen molar-refractivity contribution < 1.29 is 0 Å². The Morgan fingerprint density at radius 2 is 1.82 bits per heavy atom. The molecule has 0 N–H and O–H groups in total. The summed E-state index contributed by atoms with van der Waals surface area (Å²) in [4.78, 5) is 0. The molecule has 1 unspecified atom stereocenters. The van der Waals surface area contributed by atoms with Gasteiger partial charge in [-0.1, -0.05) is 39.3 Å². The molecule has 0 heteroatoms. The Kier molecular flexibility index (Phi) is 4.48. The van der Waals surface area contributed by atoms with Crippen molar-refractivity contribution in [2.75, 3.05) is 0 Å². The molecule has 5 saturated carbocycles. The van der Waals surface area contributed by atoms with Gasteiger partial charge in [0.25, 0.3) is 0 Å². The third-order valence-corrected chi connectivity index (χ3v) is 11.9. The largest absolute Gasteiger partial charge is 0.0859 e. The van der Waals surface area contributed by atoms with Gasteiger partial charge in [-0.3, -0.25) is 0 Å². The molecule has 0 aromatic heterocycles. The van der Waals surface area contributed by atoms with Gasteiger partial charge in [-0.2, -0.15) is 0 Å². The normalized spacial score (nSPS) is 54.9. The average Bonchev–Trinajstić information content (AvgIpc) is 3.15. The van der Waals surface area contributed by atoms with Crippen LogP contribution in [0.4, 0.5) is 0 Å². The van der Waals surface area contributed by atoms with E-state index < -0.39 is 0 Å². The lowest BCUT2D eigenvalue weighted by molar-refractivity contribution is -0.125. The van der Waals surface area contributed by atoms with E-state index in [4.69, 9.17) is 0 Å². The van der Waals surface area contributed by atoms with E-state index >= 15 is 0 Å². The van der Waals surface area contributed by atoms with Gasteiger partial charge in [-0.25, -0.2) is 0 Å². The molecule has 1 spiro atoms. The van der Waals surface area contributed by atoms with E-state index in [1.165, 1.54) is 24.8 Å². The Hall–Kier alpha value is -0.260. The summed E-state index contributed by atoms with van der Waals surface area (Å²) in [7, 11) is 0. The number of fused-ring (bicyclic) bond motifs is 4. The van der Waals surface area contributed by atoms with Crippen LogP contribution in [0.25, 0.3) is 0 Å². The molecule has 0 aromatic rings. The molecule has 0 amide bonds. The molecule has 5 fully saturated rings. The Morgan fingerprint density at radius 3 is 2.54 bits per heavy atom. The van der Waals surface area contributed by atoms with Crippen molar-refractivity contribution in [2.24, 2.45) is 57.7 Å². The molecule has 28 heavy (non-hydrogen) atoms. The zero-order chi connectivity index (χ0) is 19.9. The van der Waals surface area contributed by atoms with Gasteiger partial charge in [0.1, 0.15) is 0 Å². The van der Waals surface area contributed by atoms with Crippen LogP contribution in [-0.2, 0) is 0 Å². The summed E-state index contributed by atoms with van der Waals surface area (Å²) in [5.41, 5.74) is 3.64. The monoisotopic (exact) mass is 382 g/mol. The maximum atomic E-state index is 2.77. The first-order valence-corrected chi connectivity index (χ1v) is 12.9. The van der Waals surface area contributed by atoms with Crippen molar-refractivity contribution in [1.82, 2.24) is 0 Å². The van der Waals surface area contributed by atoms with Crippen LogP contribution in [0, 0.1) is 57.7 Å². The summed E-state index contributed by atoms with van der Waals surface area (Å²) in [6.45, 7) is 15.3. The van der Waals surface area contributed by atoms with Gasteiger partial charge in [0.2, 0.25) is 0 Å². The van der Waals surface area contributed by atoms with Gasteiger partial charge < -0.3 is 0 Å². The van der Waals surface area contributed by atoms with Crippen LogP contribution in [0.5, 0.6) is 0 Å². The van der Waals surface area contributed by atoms with E-state index in [-0.39, 0.29) is 0 Å². The molecule has 0 aliphatic heterocycles. The van der Waals surface area contributed by atoms with Crippen LogP contribution < -0.4 is 0 Å². The topological polar surface area (TPSA) is 0 Å². The number of hydrogen-bond donors (Lipinski definition) is 0. The highest BCUT2D eigenvalue weighted by molar-refractivity contribution is 5.24. The quantitative estimate of drug-likeness (QED) is 0.429. The lowest BCUT2D eigenvalue weighted by Crippen LogP contribution is -2.54. The molecular weight excluding hydrogens is 336 g/mol. The summed E-state index contributed by atoms with van der Waals surface area (Å²) < 4.78 is 0. The van der Waals surface area contributed by atoms with Crippen molar-refractivity contribution in [3.05, 3.63) is 11.6 Å². The van der Waals surface area contributed by atoms with Crippen LogP contribution in [0.2, 0.25) is 0 Å². The summed E-state index contributed by atoms with van der Waals surface area (Å²) in [6, 6.07) is 0. The second-order valence-corrected chi connectivity index (χ2v) is 13.0. The molecule has 0 saturated heterocycles. The summed E-state index contributed by atoms with van der Waals surface area (Å²) >= 11 is 0. The fourth-order valence-electron chi connectivity index (χ4n) is 10.6. The molecule has 5 aliphatic rings. The molecule has 0 nitrogen and oxygen atoms in total. The van der Waals surface area contributed by atoms with Crippen LogP contribution in [0.3, 0.4) is 0 Å². The van der Waals surface area contributed by atoms with Crippen LogP contribution in [0.15, 0.2) is 11.6 Å². The zero-order valence-corrected chi connectivity index (χ0v) is 19.7. The summed E-state index contributed by atoms with van der Waals surface area (Å²) in [5, 5.41) is 0. The molecular formula is C28H46. The van der Waals surface area contributed by atoms with Gasteiger partial charge in [0.05, 0.1) is 0 Å². The minimum atomic E-state index is 0.647. The smallest absolute Gasteiger partial charge is 0.0184 e. The van der Waals surface area contributed by atoms with Gasteiger partial charge in [-0.05, 0) is 136 Å². The van der Waals surface area contributed by atoms with Crippen molar-refractivity contribution in [3.63, 3.8) is 0 Å². The zero-order valence-electron chi connectivity index (χ0n) is 19.7. The molecule has 0 aromatic carbocycles. The predicted molar refractivity (Wildman–Crippen MR) is 120 cm³/mol. The fourth-order valence-corrected chi connectivity index (χ4v) is 10.6. The van der Waals surface area contributed by atoms with Crippen molar-refractivity contribution in [2.45, 2.75) is 106 Å². The van der Waals surface area contributed by atoms with E-state index in [9.17, 15) is 0 Å². The SMILES string of the molecule is CC(C)=CCCC(C)[C@H]1CC[C@H]2[C@@H]3C[C@@H](C)[C@]45C[C@H]4CC[C@]5(C)[C@H]3CC[C@]12C. The van der Waals surface area contributed by atoms with E-state index in [2.05, 4.69) is 47.6 Å². The molecule has 10 atom stereocenters. The minimum absolute atomic E-state index is 0.647. The first-order valence-electron chi connectivity index (χ1n) is 12.9. The highest BCUT2D eigenvalue weighted by atomic mass is 14.8. The second-order valence-electron chi connectivity index (χ2n) is 13.0. The standard InChI is InChI=1S/C28H46/c1-18(2)8-7-9-19(3)23-10-11-24-22-16-20(4)28-17-21(28)12-15-27(28,6)25(22)13-14-26(23,24)5/h8,19-25H,7,9-17H2,1-6H3/t19?,20-,21-,22+,23-,24+,25+,26-,27-,28-/m1/s1. The Bertz CT molecular complexity index is 655. The number of hydrogen-bond acceptors (Lipinski definition) is 0. The highest BCUT2D eigenvalue weighted by Crippen LogP contribution is 2.83. The van der Waals surface area contributed by atoms with Crippen LogP contribution in [0.1, 0.15) is 106 Å². The maximum absolute atomic E-state index is 2.77. The highest BCUT2D eigenvalue weighted by Gasteiger charge is 2.76. The van der Waals surface area contributed by atoms with Crippen molar-refractivity contribution in [3.8, 4) is 0 Å². The molecule has 5 aliphatic carbocycles. The maximum Gasteiger partial charge on any atom is -0.0184 e. The summed E-state index contributed by atoms with van der Waals surface area (Å²) in [5.74, 6) is 7.17. The molecule has 5 rings (SSSR count). The third kappa shape index (κ3) is 2.42. The van der Waals surface area contributed by atoms with Crippen molar-refractivity contribution in [1.29, 1.82) is 0 Å². The van der Waals surface area contributed by atoms with Crippen LogP contribution in [-0.4, -0.2) is 0 Å².